The van der Waals surface area contributed by atoms with E-state index in [1.807, 2.05) is 50.9 Å². The normalized spacial score (nSPS) is 17.2. The smallest absolute Gasteiger partial charge is 0.280 e. The van der Waals surface area contributed by atoms with Gasteiger partial charge in [-0.15, -0.1) is 0 Å². The van der Waals surface area contributed by atoms with Gasteiger partial charge in [0.05, 0.1) is 7.05 Å². The van der Waals surface area contributed by atoms with Crippen LogP contribution in [0.1, 0.15) is 37.3 Å². The van der Waals surface area contributed by atoms with Gasteiger partial charge in [-0.3, -0.25) is 9.59 Å². The Morgan fingerprint density at radius 1 is 1.21 bits per heavy atom. The standard InChI is InChI=1S/C19H29N3O2/c1-14-8-9-15(2)17(12-14)20-18(23)13-21(4)16(3)19(24)22-10-6-5-7-11-22/h8-9,12,16H,5-7,10-11,13H2,1-4H3,(H,20,23)/p+1/t16-/m1/s1. The SMILES string of the molecule is Cc1ccc(C)c(NC(=O)C[NH+](C)[C@H](C)C(=O)N2CCCCC2)c1. The minimum Gasteiger partial charge on any atom is -0.338 e. The van der Waals surface area contributed by atoms with Crippen LogP contribution in [-0.4, -0.2) is 49.4 Å². The highest BCUT2D eigenvalue weighted by molar-refractivity contribution is 5.92. The number of likely N-dealkylation sites (N-methyl/N-ethyl adjacent to an activating group) is 1. The van der Waals surface area contributed by atoms with E-state index in [0.717, 1.165) is 47.6 Å². The minimum atomic E-state index is -0.201. The summed E-state index contributed by atoms with van der Waals surface area (Å²) in [7, 11) is 1.91. The van der Waals surface area contributed by atoms with Crippen molar-refractivity contribution in [3.63, 3.8) is 0 Å². The van der Waals surface area contributed by atoms with Crippen molar-refractivity contribution in [1.29, 1.82) is 0 Å². The van der Waals surface area contributed by atoms with Gasteiger partial charge >= 0.3 is 0 Å². The third kappa shape index (κ3) is 4.81. The van der Waals surface area contributed by atoms with Crippen LogP contribution in [-0.2, 0) is 9.59 Å². The lowest BCUT2D eigenvalue weighted by atomic mass is 10.1. The zero-order valence-electron chi connectivity index (χ0n) is 15.3. The molecular formula is C19H30N3O2+. The van der Waals surface area contributed by atoms with Crippen LogP contribution in [0.5, 0.6) is 0 Å². The van der Waals surface area contributed by atoms with Crippen molar-refractivity contribution >= 4 is 17.5 Å². The number of nitrogens with zero attached hydrogens (tertiary/aromatic N) is 1. The second kappa shape index (κ2) is 8.29. The van der Waals surface area contributed by atoms with Gasteiger partial charge in [0.15, 0.2) is 12.6 Å². The summed E-state index contributed by atoms with van der Waals surface area (Å²) in [4.78, 5) is 27.8. The molecule has 0 radical (unpaired) electrons. The molecule has 2 atom stereocenters. The summed E-state index contributed by atoms with van der Waals surface area (Å²) in [6.45, 7) is 7.89. The molecule has 1 aromatic carbocycles. The lowest BCUT2D eigenvalue weighted by Gasteiger charge is -2.30. The fourth-order valence-corrected chi connectivity index (χ4v) is 3.07. The predicted molar refractivity (Wildman–Crippen MR) is 96.2 cm³/mol. The Morgan fingerprint density at radius 2 is 1.88 bits per heavy atom. The molecule has 2 amide bonds. The number of hydrogen-bond acceptors (Lipinski definition) is 2. The number of hydrogen-bond donors (Lipinski definition) is 2. The summed E-state index contributed by atoms with van der Waals surface area (Å²) in [6.07, 6.45) is 3.38. The molecule has 2 rings (SSSR count). The van der Waals surface area contributed by atoms with Gasteiger partial charge in [-0.2, -0.15) is 0 Å². The summed E-state index contributed by atoms with van der Waals surface area (Å²) in [5, 5.41) is 2.97. The molecule has 1 fully saturated rings. The van der Waals surface area contributed by atoms with Crippen LogP contribution < -0.4 is 10.2 Å². The molecule has 1 aliphatic heterocycles. The number of likely N-dealkylation sites (tertiary alicyclic amines) is 1. The van der Waals surface area contributed by atoms with Gasteiger partial charge in [-0.05, 0) is 57.2 Å². The molecule has 0 aromatic heterocycles. The molecule has 5 nitrogen and oxygen atoms in total. The predicted octanol–water partition coefficient (Wildman–Crippen LogP) is 1.16. The van der Waals surface area contributed by atoms with Crippen LogP contribution in [0.25, 0.3) is 0 Å². The van der Waals surface area contributed by atoms with Crippen molar-refractivity contribution in [3.05, 3.63) is 29.3 Å². The average Bonchev–Trinajstić information content (AvgIpc) is 2.57. The number of anilines is 1. The number of quaternary nitrogens is 1. The zero-order valence-corrected chi connectivity index (χ0v) is 15.3. The first-order valence-corrected chi connectivity index (χ1v) is 8.86. The van der Waals surface area contributed by atoms with E-state index in [9.17, 15) is 9.59 Å². The maximum absolute atomic E-state index is 12.6. The first kappa shape index (κ1) is 18.5. The molecule has 2 N–H and O–H groups in total. The maximum Gasteiger partial charge on any atom is 0.280 e. The van der Waals surface area contributed by atoms with Crippen LogP contribution in [0.4, 0.5) is 5.69 Å². The highest BCUT2D eigenvalue weighted by Crippen LogP contribution is 2.15. The monoisotopic (exact) mass is 332 g/mol. The Balaban J connectivity index is 1.90. The lowest BCUT2D eigenvalue weighted by molar-refractivity contribution is -0.886. The van der Waals surface area contributed by atoms with Gasteiger partial charge in [-0.25, -0.2) is 0 Å². The van der Waals surface area contributed by atoms with Gasteiger partial charge in [0.2, 0.25) is 0 Å². The summed E-state index contributed by atoms with van der Waals surface area (Å²) in [6, 6.07) is 5.81. The molecular weight excluding hydrogens is 302 g/mol. The van der Waals surface area contributed by atoms with Crippen molar-refractivity contribution < 1.29 is 14.5 Å². The number of nitrogens with one attached hydrogen (secondary N) is 2. The van der Waals surface area contributed by atoms with E-state index in [2.05, 4.69) is 5.32 Å². The summed E-state index contributed by atoms with van der Waals surface area (Å²) >= 11 is 0. The molecule has 1 unspecified atom stereocenters. The van der Waals surface area contributed by atoms with E-state index >= 15 is 0 Å². The summed E-state index contributed by atoms with van der Waals surface area (Å²) < 4.78 is 0. The summed E-state index contributed by atoms with van der Waals surface area (Å²) in [5.74, 6) is 0.103. The Labute approximate surface area is 145 Å². The number of carbonyl (C=O) groups is 2. The first-order valence-electron chi connectivity index (χ1n) is 8.86. The Bertz CT molecular complexity index is 594. The largest absolute Gasteiger partial charge is 0.338 e. The molecule has 5 heteroatoms. The number of piperidine rings is 1. The fraction of sp³-hybridized carbons (Fsp3) is 0.579. The van der Waals surface area contributed by atoms with Crippen LogP contribution in [0.2, 0.25) is 0 Å². The van der Waals surface area contributed by atoms with Crippen molar-refractivity contribution in [2.75, 3.05) is 32.0 Å². The van der Waals surface area contributed by atoms with Crippen molar-refractivity contribution in [3.8, 4) is 0 Å². The fourth-order valence-electron chi connectivity index (χ4n) is 3.07. The van der Waals surface area contributed by atoms with Gasteiger partial charge in [0, 0.05) is 18.8 Å². The van der Waals surface area contributed by atoms with Crippen molar-refractivity contribution in [1.82, 2.24) is 4.90 Å². The van der Waals surface area contributed by atoms with Gasteiger partial charge in [-0.1, -0.05) is 12.1 Å². The molecule has 0 saturated carbocycles. The van der Waals surface area contributed by atoms with E-state index in [1.165, 1.54) is 6.42 Å². The van der Waals surface area contributed by atoms with E-state index in [1.54, 1.807) is 0 Å². The van der Waals surface area contributed by atoms with E-state index < -0.39 is 0 Å². The molecule has 0 spiro atoms. The Morgan fingerprint density at radius 3 is 2.54 bits per heavy atom. The Hall–Kier alpha value is -1.88. The van der Waals surface area contributed by atoms with Crippen LogP contribution in [0.3, 0.4) is 0 Å². The van der Waals surface area contributed by atoms with Gasteiger partial charge in [0.1, 0.15) is 0 Å². The molecule has 1 saturated heterocycles. The quantitative estimate of drug-likeness (QED) is 0.850. The molecule has 0 bridgehead atoms. The third-order valence-corrected chi connectivity index (χ3v) is 4.88. The van der Waals surface area contributed by atoms with Gasteiger partial charge < -0.3 is 15.1 Å². The average molecular weight is 332 g/mol. The first-order chi connectivity index (χ1) is 11.4. The van der Waals surface area contributed by atoms with Gasteiger partial charge in [0.25, 0.3) is 11.8 Å². The maximum atomic E-state index is 12.6. The van der Waals surface area contributed by atoms with Crippen LogP contribution >= 0.6 is 0 Å². The third-order valence-electron chi connectivity index (χ3n) is 4.88. The molecule has 1 aliphatic rings. The van der Waals surface area contributed by atoms with E-state index in [0.29, 0.717) is 0 Å². The molecule has 0 aliphatic carbocycles. The number of carbonyl (C=O) groups excluding carboxylic acids is 2. The van der Waals surface area contributed by atoms with Crippen molar-refractivity contribution in [2.45, 2.75) is 46.1 Å². The molecule has 1 aromatic rings. The van der Waals surface area contributed by atoms with Crippen LogP contribution in [0.15, 0.2) is 18.2 Å². The zero-order chi connectivity index (χ0) is 17.7. The molecule has 24 heavy (non-hydrogen) atoms. The summed E-state index contributed by atoms with van der Waals surface area (Å²) in [5.41, 5.74) is 3.01. The van der Waals surface area contributed by atoms with E-state index in [-0.39, 0.29) is 24.4 Å². The molecule has 132 valence electrons. The minimum absolute atomic E-state index is 0.0560. The van der Waals surface area contributed by atoms with Crippen molar-refractivity contribution in [2.24, 2.45) is 0 Å². The Kier molecular flexibility index (Phi) is 6.37. The topological polar surface area (TPSA) is 53.9 Å². The van der Waals surface area contributed by atoms with E-state index in [4.69, 9.17) is 0 Å². The number of rotatable bonds is 5. The second-order valence-corrected chi connectivity index (χ2v) is 7.00. The number of amides is 2. The lowest BCUT2D eigenvalue weighted by Crippen LogP contribution is -3.15. The number of aryl methyl sites for hydroxylation is 2. The second-order valence-electron chi connectivity index (χ2n) is 7.00. The molecule has 1 heterocycles. The highest BCUT2D eigenvalue weighted by Gasteiger charge is 2.29. The number of benzene rings is 1. The van der Waals surface area contributed by atoms with Crippen LogP contribution in [0, 0.1) is 13.8 Å². The highest BCUT2D eigenvalue weighted by atomic mass is 16.2.